The van der Waals surface area contributed by atoms with Gasteiger partial charge in [0.2, 0.25) is 0 Å². The van der Waals surface area contributed by atoms with Crippen molar-refractivity contribution in [3.05, 3.63) is 192 Å². The van der Waals surface area contributed by atoms with Crippen LogP contribution in [0.4, 0.5) is 0 Å². The zero-order valence-electron chi connectivity index (χ0n) is 21.5. The van der Waals surface area contributed by atoms with E-state index in [0.717, 1.165) is 27.8 Å². The lowest BCUT2D eigenvalue weighted by molar-refractivity contribution is 0.00370. The van der Waals surface area contributed by atoms with Gasteiger partial charge in [0.15, 0.2) is 0 Å². The number of hydrogen-bond acceptors (Lipinski definition) is 3. The fraction of sp³-hybridized carbons (Fsp3) is 0.0857. The summed E-state index contributed by atoms with van der Waals surface area (Å²) in [5, 5.41) is 10.9. The molecule has 1 aliphatic rings. The summed E-state index contributed by atoms with van der Waals surface area (Å²) >= 11 is 0. The third-order valence-electron chi connectivity index (χ3n) is 7.39. The van der Waals surface area contributed by atoms with Crippen LogP contribution in [0.5, 0.6) is 0 Å². The fourth-order valence-electron chi connectivity index (χ4n) is 5.68. The summed E-state index contributed by atoms with van der Waals surface area (Å²) in [5.41, 5.74) is 2.63. The predicted octanol–water partition coefficient (Wildman–Crippen LogP) is 7.24. The second kappa shape index (κ2) is 10.9. The summed E-state index contributed by atoms with van der Waals surface area (Å²) in [6, 6.07) is 50.7. The first-order valence-corrected chi connectivity index (χ1v) is 13.2. The molecule has 1 heterocycles. The first-order valence-electron chi connectivity index (χ1n) is 13.2. The van der Waals surface area contributed by atoms with Gasteiger partial charge in [0.1, 0.15) is 11.2 Å². The summed E-state index contributed by atoms with van der Waals surface area (Å²) in [4.78, 5) is 0. The lowest BCUT2D eigenvalue weighted by Gasteiger charge is -2.46. The minimum Gasteiger partial charge on any atom is -0.390 e. The summed E-state index contributed by atoms with van der Waals surface area (Å²) in [6.07, 6.45) is 0.956. The highest BCUT2D eigenvalue weighted by molar-refractivity contribution is 6.51. The van der Waals surface area contributed by atoms with Crippen molar-refractivity contribution in [3.8, 4) is 0 Å². The van der Waals surface area contributed by atoms with E-state index in [4.69, 9.17) is 9.31 Å². The zero-order valence-corrected chi connectivity index (χ0v) is 21.5. The van der Waals surface area contributed by atoms with Crippen molar-refractivity contribution in [3.63, 3.8) is 0 Å². The summed E-state index contributed by atoms with van der Waals surface area (Å²) in [7, 11) is -0.746. The molecule has 0 aliphatic carbocycles. The molecule has 0 aromatic heterocycles. The Bertz CT molecular complexity index is 1340. The molecule has 1 saturated heterocycles. The van der Waals surface area contributed by atoms with Gasteiger partial charge >= 0.3 is 7.12 Å². The van der Waals surface area contributed by atoms with Crippen molar-refractivity contribution in [2.24, 2.45) is 0 Å². The average Bonchev–Trinajstić information content (AvgIpc) is 3.39. The molecule has 0 saturated carbocycles. The normalized spacial score (nSPS) is 16.8. The van der Waals surface area contributed by atoms with Gasteiger partial charge in [-0.05, 0) is 27.8 Å². The third-order valence-corrected chi connectivity index (χ3v) is 7.39. The molecule has 1 aliphatic heterocycles. The van der Waals surface area contributed by atoms with Crippen LogP contribution in [0.1, 0.15) is 33.9 Å². The van der Waals surface area contributed by atoms with Gasteiger partial charge in [-0.1, -0.05) is 164 Å². The number of rotatable bonds is 7. The first kappa shape index (κ1) is 25.1. The van der Waals surface area contributed by atoms with Gasteiger partial charge in [-0.3, -0.25) is 0 Å². The van der Waals surface area contributed by atoms with Crippen LogP contribution in [-0.2, 0) is 20.5 Å². The molecule has 3 nitrogen and oxygen atoms in total. The lowest BCUT2D eigenvalue weighted by Crippen LogP contribution is -2.48. The number of aliphatic hydroxyl groups is 1. The molecule has 0 amide bonds. The van der Waals surface area contributed by atoms with E-state index in [1.54, 1.807) is 6.08 Å². The van der Waals surface area contributed by atoms with Crippen LogP contribution >= 0.6 is 0 Å². The maximum atomic E-state index is 10.9. The molecule has 6 rings (SSSR count). The standard InChI is InChI=1S/C35H29BO3/c37-33(28-16-6-1-7-17-28)26-27-36-38-34(29-18-8-2-9-19-29,30-20-10-3-11-21-30)35(39-36,31-22-12-4-13-23-31)32-24-14-5-15-25-32/h1-27,33,37H/b27-26+/t33-/m1/s1. The Labute approximate surface area is 230 Å². The van der Waals surface area contributed by atoms with Gasteiger partial charge < -0.3 is 14.4 Å². The van der Waals surface area contributed by atoms with E-state index in [-0.39, 0.29) is 0 Å². The van der Waals surface area contributed by atoms with Crippen LogP contribution in [0.3, 0.4) is 0 Å². The number of hydrogen-bond donors (Lipinski definition) is 1. The van der Waals surface area contributed by atoms with E-state index in [2.05, 4.69) is 48.5 Å². The monoisotopic (exact) mass is 508 g/mol. The topological polar surface area (TPSA) is 38.7 Å². The Kier molecular flexibility index (Phi) is 6.99. The Morgan fingerprint density at radius 2 is 0.795 bits per heavy atom. The molecule has 39 heavy (non-hydrogen) atoms. The molecular formula is C35H29BO3. The van der Waals surface area contributed by atoms with Crippen LogP contribution < -0.4 is 0 Å². The quantitative estimate of drug-likeness (QED) is 0.236. The first-order chi connectivity index (χ1) is 19.2. The van der Waals surface area contributed by atoms with Gasteiger partial charge in [-0.25, -0.2) is 0 Å². The second-order valence-corrected chi connectivity index (χ2v) is 9.67. The number of aliphatic hydroxyl groups excluding tert-OH is 1. The third kappa shape index (κ3) is 4.43. The number of benzene rings is 5. The van der Waals surface area contributed by atoms with Crippen LogP contribution in [-0.4, -0.2) is 12.2 Å². The van der Waals surface area contributed by atoms with Crippen LogP contribution in [0.2, 0.25) is 0 Å². The van der Waals surface area contributed by atoms with E-state index < -0.39 is 24.4 Å². The van der Waals surface area contributed by atoms with Crippen molar-refractivity contribution >= 4 is 7.12 Å². The molecule has 0 radical (unpaired) electrons. The van der Waals surface area contributed by atoms with Crippen molar-refractivity contribution < 1.29 is 14.4 Å². The van der Waals surface area contributed by atoms with Gasteiger partial charge in [0.05, 0.1) is 6.10 Å². The largest absolute Gasteiger partial charge is 0.487 e. The Hall–Kier alpha value is -4.22. The molecule has 1 fully saturated rings. The van der Waals surface area contributed by atoms with E-state index in [9.17, 15) is 5.11 Å². The van der Waals surface area contributed by atoms with E-state index in [0.29, 0.717) is 0 Å². The van der Waals surface area contributed by atoms with Crippen molar-refractivity contribution in [2.75, 3.05) is 0 Å². The van der Waals surface area contributed by atoms with Crippen LogP contribution in [0.25, 0.3) is 0 Å². The minimum atomic E-state index is -1.04. The maximum absolute atomic E-state index is 10.9. The highest BCUT2D eigenvalue weighted by atomic mass is 16.7. The van der Waals surface area contributed by atoms with E-state index in [1.807, 2.05) is 109 Å². The Morgan fingerprint density at radius 3 is 1.13 bits per heavy atom. The average molecular weight is 508 g/mol. The van der Waals surface area contributed by atoms with Crippen molar-refractivity contribution in [2.45, 2.75) is 17.3 Å². The van der Waals surface area contributed by atoms with Crippen molar-refractivity contribution in [1.29, 1.82) is 0 Å². The predicted molar refractivity (Wildman–Crippen MR) is 156 cm³/mol. The fourth-order valence-corrected chi connectivity index (χ4v) is 5.68. The Morgan fingerprint density at radius 1 is 0.487 bits per heavy atom. The molecule has 0 unspecified atom stereocenters. The molecule has 190 valence electrons. The molecule has 1 atom stereocenters. The minimum absolute atomic E-state index is 0.746. The molecular weight excluding hydrogens is 479 g/mol. The van der Waals surface area contributed by atoms with Crippen LogP contribution in [0.15, 0.2) is 164 Å². The SMILES string of the molecule is O[C@H](/C=C/B1OC(c2ccccc2)(c2ccccc2)C(c2ccccc2)(c2ccccc2)O1)c1ccccc1. The molecule has 5 aromatic rings. The summed E-state index contributed by atoms with van der Waals surface area (Å²) in [6.45, 7) is 0. The van der Waals surface area contributed by atoms with Gasteiger partial charge in [-0.15, -0.1) is 0 Å². The highest BCUT2D eigenvalue weighted by Crippen LogP contribution is 2.58. The van der Waals surface area contributed by atoms with E-state index in [1.165, 1.54) is 0 Å². The zero-order chi connectivity index (χ0) is 26.5. The molecule has 1 N–H and O–H groups in total. The van der Waals surface area contributed by atoms with Gasteiger partial charge in [0.25, 0.3) is 0 Å². The smallest absolute Gasteiger partial charge is 0.390 e. The maximum Gasteiger partial charge on any atom is 0.487 e. The van der Waals surface area contributed by atoms with Gasteiger partial charge in [-0.2, -0.15) is 0 Å². The molecule has 4 heteroatoms. The van der Waals surface area contributed by atoms with E-state index >= 15 is 0 Å². The molecule has 0 spiro atoms. The second-order valence-electron chi connectivity index (χ2n) is 9.67. The molecule has 5 aromatic carbocycles. The van der Waals surface area contributed by atoms with Crippen LogP contribution in [0, 0.1) is 0 Å². The van der Waals surface area contributed by atoms with Crippen molar-refractivity contribution in [1.82, 2.24) is 0 Å². The summed E-state index contributed by atoms with van der Waals surface area (Å²) < 4.78 is 14.2. The summed E-state index contributed by atoms with van der Waals surface area (Å²) in [5.74, 6) is 1.83. The molecule has 0 bridgehead atoms. The Balaban J connectivity index is 1.60. The van der Waals surface area contributed by atoms with Gasteiger partial charge in [0, 0.05) is 0 Å². The highest BCUT2D eigenvalue weighted by Gasteiger charge is 2.65. The lowest BCUT2D eigenvalue weighted by atomic mass is 9.66.